The summed E-state index contributed by atoms with van der Waals surface area (Å²) in [6.07, 6.45) is 0. The highest BCUT2D eigenvalue weighted by Gasteiger charge is 2.26. The van der Waals surface area contributed by atoms with Crippen molar-refractivity contribution in [2.24, 2.45) is 0 Å². The standard InChI is InChI=1S/C18H18N2O5S2/c1-4-20(13-7-5-6-12(2)10-13)27(22,23)17-9-8-16(26-17)15-11-14(19-25-15)18(21)24-3/h5-11H,4H2,1-3H3. The minimum absolute atomic E-state index is 0.0280. The molecule has 0 aliphatic heterocycles. The number of sulfonamides is 1. The van der Waals surface area contributed by atoms with Crippen LogP contribution < -0.4 is 4.31 Å². The molecular weight excluding hydrogens is 388 g/mol. The summed E-state index contributed by atoms with van der Waals surface area (Å²) in [7, 11) is -2.48. The van der Waals surface area contributed by atoms with Crippen molar-refractivity contribution >= 4 is 33.0 Å². The van der Waals surface area contributed by atoms with Crippen LogP contribution in [0.25, 0.3) is 10.6 Å². The van der Waals surface area contributed by atoms with Crippen LogP contribution in [-0.2, 0) is 14.8 Å². The van der Waals surface area contributed by atoms with Crippen LogP contribution in [0.4, 0.5) is 5.69 Å². The van der Waals surface area contributed by atoms with Crippen LogP contribution in [0, 0.1) is 6.92 Å². The third-order valence-corrected chi connectivity index (χ3v) is 7.32. The number of thiophene rings is 1. The summed E-state index contributed by atoms with van der Waals surface area (Å²) in [5, 5.41) is 3.64. The van der Waals surface area contributed by atoms with E-state index in [1.54, 1.807) is 19.1 Å². The van der Waals surface area contributed by atoms with Crippen molar-refractivity contribution in [2.75, 3.05) is 18.0 Å². The lowest BCUT2D eigenvalue weighted by atomic mass is 10.2. The summed E-state index contributed by atoms with van der Waals surface area (Å²) in [6, 6.07) is 11.9. The highest BCUT2D eigenvalue weighted by atomic mass is 32.2. The molecule has 0 atom stereocenters. The van der Waals surface area contributed by atoms with Crippen LogP contribution in [-0.4, -0.2) is 33.2 Å². The number of anilines is 1. The number of ether oxygens (including phenoxy) is 1. The monoisotopic (exact) mass is 406 g/mol. The molecule has 2 aromatic heterocycles. The van der Waals surface area contributed by atoms with Crippen molar-refractivity contribution in [3.05, 3.63) is 53.7 Å². The molecule has 27 heavy (non-hydrogen) atoms. The topological polar surface area (TPSA) is 89.7 Å². The fourth-order valence-electron chi connectivity index (χ4n) is 2.57. The number of rotatable bonds is 6. The number of esters is 1. The number of nitrogens with zero attached hydrogens (tertiary/aromatic N) is 2. The summed E-state index contributed by atoms with van der Waals surface area (Å²) in [5.41, 5.74) is 1.62. The quantitative estimate of drug-likeness (QED) is 0.580. The average Bonchev–Trinajstić information content (AvgIpc) is 3.31. The molecule has 1 aromatic carbocycles. The van der Waals surface area contributed by atoms with Crippen molar-refractivity contribution in [1.82, 2.24) is 5.16 Å². The molecule has 0 amide bonds. The minimum atomic E-state index is -3.72. The Labute approximate surface area is 161 Å². The number of methoxy groups -OCH3 is 1. The molecule has 0 radical (unpaired) electrons. The van der Waals surface area contributed by atoms with Gasteiger partial charge in [-0.05, 0) is 43.7 Å². The molecule has 0 N–H and O–H groups in total. The predicted octanol–water partition coefficient (Wildman–Crippen LogP) is 3.71. The molecule has 9 heteroatoms. The number of benzene rings is 1. The summed E-state index contributed by atoms with van der Waals surface area (Å²) in [6.45, 7) is 4.00. The maximum absolute atomic E-state index is 13.1. The number of aromatic nitrogens is 1. The fourth-order valence-corrected chi connectivity index (χ4v) is 5.40. The maximum atomic E-state index is 13.1. The molecule has 3 aromatic rings. The van der Waals surface area contributed by atoms with Crippen LogP contribution >= 0.6 is 11.3 Å². The molecule has 0 aliphatic rings. The van der Waals surface area contributed by atoms with Crippen LogP contribution in [0.5, 0.6) is 0 Å². The number of carbonyl (C=O) groups is 1. The summed E-state index contributed by atoms with van der Waals surface area (Å²) < 4.78 is 37.5. The van der Waals surface area contributed by atoms with E-state index in [9.17, 15) is 13.2 Å². The van der Waals surface area contributed by atoms with Gasteiger partial charge in [-0.1, -0.05) is 17.3 Å². The lowest BCUT2D eigenvalue weighted by molar-refractivity contribution is 0.0589. The fraction of sp³-hybridized carbons (Fsp3) is 0.222. The molecule has 0 saturated heterocycles. The smallest absolute Gasteiger partial charge is 0.360 e. The van der Waals surface area contributed by atoms with Gasteiger partial charge in [0.1, 0.15) is 4.21 Å². The van der Waals surface area contributed by atoms with E-state index in [2.05, 4.69) is 9.89 Å². The van der Waals surface area contributed by atoms with Crippen LogP contribution in [0.1, 0.15) is 23.0 Å². The Hall–Kier alpha value is -2.65. The molecule has 0 fully saturated rings. The predicted molar refractivity (Wildman–Crippen MR) is 103 cm³/mol. The maximum Gasteiger partial charge on any atom is 0.360 e. The molecule has 0 aliphatic carbocycles. The van der Waals surface area contributed by atoms with Crippen molar-refractivity contribution in [2.45, 2.75) is 18.1 Å². The van der Waals surface area contributed by atoms with Gasteiger partial charge in [-0.2, -0.15) is 0 Å². The Kier molecular flexibility index (Phi) is 5.33. The first-order valence-corrected chi connectivity index (χ1v) is 10.4. The lowest BCUT2D eigenvalue weighted by Gasteiger charge is -2.22. The van der Waals surface area contributed by atoms with Crippen molar-refractivity contribution in [3.63, 3.8) is 0 Å². The molecule has 3 rings (SSSR count). The van der Waals surface area contributed by atoms with E-state index in [0.29, 0.717) is 22.9 Å². The van der Waals surface area contributed by atoms with Crippen LogP contribution in [0.15, 0.2) is 51.2 Å². The first kappa shape index (κ1) is 19.1. The Morgan fingerprint density at radius 3 is 2.70 bits per heavy atom. The Balaban J connectivity index is 1.94. The molecule has 7 nitrogen and oxygen atoms in total. The molecule has 0 unspecified atom stereocenters. The number of aryl methyl sites for hydroxylation is 1. The van der Waals surface area contributed by atoms with Gasteiger partial charge in [-0.25, -0.2) is 13.2 Å². The van der Waals surface area contributed by atoms with Gasteiger partial charge in [0.25, 0.3) is 10.0 Å². The van der Waals surface area contributed by atoms with Crippen LogP contribution in [0.2, 0.25) is 0 Å². The summed E-state index contributed by atoms with van der Waals surface area (Å²) in [5.74, 6) is -0.313. The van der Waals surface area contributed by atoms with Gasteiger partial charge in [0.2, 0.25) is 0 Å². The largest absolute Gasteiger partial charge is 0.464 e. The van der Waals surface area contributed by atoms with E-state index < -0.39 is 16.0 Å². The van der Waals surface area contributed by atoms with Gasteiger partial charge in [0.05, 0.1) is 17.7 Å². The van der Waals surface area contributed by atoms with Gasteiger partial charge in [-0.3, -0.25) is 4.31 Å². The first-order valence-electron chi connectivity index (χ1n) is 8.11. The Morgan fingerprint density at radius 1 is 1.26 bits per heavy atom. The van der Waals surface area contributed by atoms with E-state index in [4.69, 9.17) is 4.52 Å². The second-order valence-corrected chi connectivity index (χ2v) is 8.87. The Morgan fingerprint density at radius 2 is 2.04 bits per heavy atom. The number of hydrogen-bond donors (Lipinski definition) is 0. The van der Waals surface area contributed by atoms with Crippen LogP contribution in [0.3, 0.4) is 0 Å². The van der Waals surface area contributed by atoms with E-state index in [-0.39, 0.29) is 9.90 Å². The normalized spacial score (nSPS) is 11.4. The van der Waals surface area contributed by atoms with Gasteiger partial charge in [0.15, 0.2) is 11.5 Å². The SMILES string of the molecule is CCN(c1cccc(C)c1)S(=O)(=O)c1ccc(-c2cc(C(=O)OC)no2)s1. The van der Waals surface area contributed by atoms with Gasteiger partial charge < -0.3 is 9.26 Å². The number of carbonyl (C=O) groups excluding carboxylic acids is 1. The minimum Gasteiger partial charge on any atom is -0.464 e. The molecule has 2 heterocycles. The van der Waals surface area contributed by atoms with E-state index >= 15 is 0 Å². The summed E-state index contributed by atoms with van der Waals surface area (Å²) in [4.78, 5) is 12.0. The highest BCUT2D eigenvalue weighted by molar-refractivity contribution is 7.94. The van der Waals surface area contributed by atoms with Gasteiger partial charge in [-0.15, -0.1) is 11.3 Å². The molecule has 0 spiro atoms. The van der Waals surface area contributed by atoms with Gasteiger partial charge in [0, 0.05) is 12.6 Å². The highest BCUT2D eigenvalue weighted by Crippen LogP contribution is 2.34. The first-order chi connectivity index (χ1) is 12.9. The van der Waals surface area contributed by atoms with Crippen molar-refractivity contribution in [3.8, 4) is 10.6 Å². The van der Waals surface area contributed by atoms with E-state index in [0.717, 1.165) is 16.9 Å². The van der Waals surface area contributed by atoms with Crippen molar-refractivity contribution in [1.29, 1.82) is 0 Å². The molecular formula is C18H18N2O5S2. The third kappa shape index (κ3) is 3.74. The Bertz CT molecular complexity index is 1070. The second-order valence-electron chi connectivity index (χ2n) is 5.70. The zero-order chi connectivity index (χ0) is 19.6. The van der Waals surface area contributed by atoms with Crippen molar-refractivity contribution < 1.29 is 22.5 Å². The zero-order valence-electron chi connectivity index (χ0n) is 15.0. The number of hydrogen-bond acceptors (Lipinski definition) is 7. The summed E-state index contributed by atoms with van der Waals surface area (Å²) >= 11 is 1.05. The average molecular weight is 406 g/mol. The van der Waals surface area contributed by atoms with Gasteiger partial charge >= 0.3 is 5.97 Å². The van der Waals surface area contributed by atoms with E-state index in [1.807, 2.05) is 25.1 Å². The third-order valence-electron chi connectivity index (χ3n) is 3.85. The lowest BCUT2D eigenvalue weighted by Crippen LogP contribution is -2.30. The van der Waals surface area contributed by atoms with E-state index in [1.165, 1.54) is 23.5 Å². The molecule has 0 saturated carbocycles. The second kappa shape index (κ2) is 7.53. The zero-order valence-corrected chi connectivity index (χ0v) is 16.6. The molecule has 0 bridgehead atoms. The molecule has 142 valence electrons.